The number of esters is 1. The van der Waals surface area contributed by atoms with Crippen LogP contribution in [0.15, 0.2) is 78.0 Å². The van der Waals surface area contributed by atoms with E-state index < -0.39 is 12.0 Å². The standard InChI is InChI=1S/C24H19N9O2/c1-14-20(23(34)35-13-15-9-11-17(12-10-15)22-26-29-30-27-22)21(33-24(25-14)28-31-32-33)19-8-4-6-16-5-2-3-7-18(16)19/h2-12,21H,13H2,1H3,(H,25,28,32)(H,26,27,29,30). The molecule has 1 aliphatic heterocycles. The van der Waals surface area contributed by atoms with Gasteiger partial charge in [0.2, 0.25) is 5.95 Å². The number of nitrogens with one attached hydrogen (secondary N) is 2. The Kier molecular flexibility index (Phi) is 4.99. The molecule has 0 radical (unpaired) electrons. The lowest BCUT2D eigenvalue weighted by atomic mass is 9.91. The van der Waals surface area contributed by atoms with Crippen molar-refractivity contribution in [2.24, 2.45) is 0 Å². The quantitative estimate of drug-likeness (QED) is 0.375. The maximum atomic E-state index is 13.5. The molecular formula is C24H19N9O2. The molecule has 35 heavy (non-hydrogen) atoms. The van der Waals surface area contributed by atoms with Gasteiger partial charge in [0.05, 0.1) is 5.57 Å². The first-order valence-corrected chi connectivity index (χ1v) is 10.9. The highest BCUT2D eigenvalue weighted by molar-refractivity contribution is 5.95. The average Bonchev–Trinajstić information content (AvgIpc) is 3.59. The number of ether oxygens (including phenoxy) is 1. The molecule has 11 heteroatoms. The molecule has 0 spiro atoms. The van der Waals surface area contributed by atoms with E-state index >= 15 is 0 Å². The Labute approximate surface area is 198 Å². The molecule has 2 aromatic heterocycles. The van der Waals surface area contributed by atoms with E-state index in [2.05, 4.69) is 41.5 Å². The molecule has 0 fully saturated rings. The molecule has 0 saturated carbocycles. The topological polar surface area (TPSA) is 136 Å². The zero-order valence-corrected chi connectivity index (χ0v) is 18.6. The van der Waals surface area contributed by atoms with Gasteiger partial charge in [0.25, 0.3) is 0 Å². The van der Waals surface area contributed by atoms with E-state index in [4.69, 9.17) is 4.74 Å². The molecule has 1 aliphatic rings. The summed E-state index contributed by atoms with van der Waals surface area (Å²) in [6.45, 7) is 1.93. The second-order valence-corrected chi connectivity index (χ2v) is 8.10. The number of aromatic amines is 1. The number of fused-ring (bicyclic) bond motifs is 2. The summed E-state index contributed by atoms with van der Waals surface area (Å²) in [5, 5.41) is 31.0. The van der Waals surface area contributed by atoms with Crippen LogP contribution >= 0.6 is 0 Å². The van der Waals surface area contributed by atoms with E-state index in [0.717, 1.165) is 27.5 Å². The Bertz CT molecular complexity index is 1550. The Hall–Kier alpha value is -4.93. The molecule has 11 nitrogen and oxygen atoms in total. The number of hydrogen-bond donors (Lipinski definition) is 2. The van der Waals surface area contributed by atoms with Crippen molar-refractivity contribution in [2.75, 3.05) is 5.32 Å². The number of anilines is 1. The molecule has 6 rings (SSSR count). The van der Waals surface area contributed by atoms with Crippen molar-refractivity contribution in [1.82, 2.24) is 40.8 Å². The molecule has 0 saturated heterocycles. The summed E-state index contributed by atoms with van der Waals surface area (Å²) in [6, 6.07) is 20.9. The molecule has 1 unspecified atom stereocenters. The third kappa shape index (κ3) is 3.68. The van der Waals surface area contributed by atoms with E-state index in [1.165, 1.54) is 0 Å². The highest BCUT2D eigenvalue weighted by Crippen LogP contribution is 2.38. The summed E-state index contributed by atoms with van der Waals surface area (Å²) >= 11 is 0. The van der Waals surface area contributed by atoms with Crippen molar-refractivity contribution in [3.05, 3.63) is 89.1 Å². The van der Waals surface area contributed by atoms with Crippen LogP contribution < -0.4 is 5.32 Å². The van der Waals surface area contributed by atoms with Crippen LogP contribution in [0.4, 0.5) is 5.95 Å². The first-order valence-electron chi connectivity index (χ1n) is 10.9. The number of aromatic nitrogens is 8. The van der Waals surface area contributed by atoms with Crippen molar-refractivity contribution in [2.45, 2.75) is 19.6 Å². The minimum atomic E-state index is -0.541. The van der Waals surface area contributed by atoms with Crippen molar-refractivity contribution in [1.29, 1.82) is 0 Å². The third-order valence-corrected chi connectivity index (χ3v) is 5.99. The highest BCUT2D eigenvalue weighted by Gasteiger charge is 2.35. The Balaban J connectivity index is 1.31. The predicted octanol–water partition coefficient (Wildman–Crippen LogP) is 3.04. The number of hydrogen-bond acceptors (Lipinski definition) is 9. The summed E-state index contributed by atoms with van der Waals surface area (Å²) < 4.78 is 7.37. The molecule has 172 valence electrons. The van der Waals surface area contributed by atoms with Crippen molar-refractivity contribution in [3.63, 3.8) is 0 Å². The molecule has 2 N–H and O–H groups in total. The van der Waals surface area contributed by atoms with Gasteiger partial charge in [0.1, 0.15) is 12.6 Å². The fourth-order valence-corrected chi connectivity index (χ4v) is 4.32. The Morgan fingerprint density at radius 3 is 2.66 bits per heavy atom. The van der Waals surface area contributed by atoms with Crippen LogP contribution in [0.5, 0.6) is 0 Å². The molecule has 0 aliphatic carbocycles. The van der Waals surface area contributed by atoms with E-state index in [1.54, 1.807) is 4.68 Å². The summed E-state index contributed by atoms with van der Waals surface area (Å²) in [7, 11) is 0. The van der Waals surface area contributed by atoms with Crippen LogP contribution in [0.3, 0.4) is 0 Å². The molecular weight excluding hydrogens is 446 g/mol. The van der Waals surface area contributed by atoms with Gasteiger partial charge in [-0.15, -0.1) is 5.10 Å². The lowest BCUT2D eigenvalue weighted by Gasteiger charge is -2.28. The lowest BCUT2D eigenvalue weighted by molar-refractivity contribution is -0.140. The van der Waals surface area contributed by atoms with Crippen molar-refractivity contribution < 1.29 is 9.53 Å². The van der Waals surface area contributed by atoms with E-state index in [0.29, 0.717) is 23.0 Å². The normalized spacial score (nSPS) is 15.1. The van der Waals surface area contributed by atoms with Crippen LogP contribution in [-0.2, 0) is 16.1 Å². The molecule has 0 amide bonds. The number of carbonyl (C=O) groups excluding carboxylic acids is 1. The van der Waals surface area contributed by atoms with Crippen molar-refractivity contribution in [3.8, 4) is 11.4 Å². The number of rotatable bonds is 5. The highest BCUT2D eigenvalue weighted by atomic mass is 16.5. The smallest absolute Gasteiger partial charge is 0.338 e. The van der Waals surface area contributed by atoms with Crippen molar-refractivity contribution >= 4 is 22.7 Å². The van der Waals surface area contributed by atoms with Gasteiger partial charge >= 0.3 is 5.97 Å². The lowest BCUT2D eigenvalue weighted by Crippen LogP contribution is -2.29. The second-order valence-electron chi connectivity index (χ2n) is 8.10. The molecule has 1 atom stereocenters. The monoisotopic (exact) mass is 465 g/mol. The SMILES string of the molecule is CC1=C(C(=O)OCc2ccc(-c3nnn[nH]3)cc2)C(c2cccc3ccccc23)n2nnnc2N1. The van der Waals surface area contributed by atoms with Gasteiger partial charge in [-0.1, -0.05) is 71.8 Å². The number of tetrazole rings is 2. The maximum Gasteiger partial charge on any atom is 0.338 e. The van der Waals surface area contributed by atoms with Gasteiger partial charge < -0.3 is 10.1 Å². The second kappa shape index (κ2) is 8.45. The van der Waals surface area contributed by atoms with Gasteiger partial charge in [-0.2, -0.15) is 4.68 Å². The minimum Gasteiger partial charge on any atom is -0.457 e. The van der Waals surface area contributed by atoms with Gasteiger partial charge in [-0.05, 0) is 49.7 Å². The number of nitrogens with zero attached hydrogens (tertiary/aromatic N) is 7. The zero-order chi connectivity index (χ0) is 23.8. The summed E-state index contributed by atoms with van der Waals surface area (Å²) in [5.74, 6) is 0.588. The Morgan fingerprint density at radius 1 is 1.00 bits per heavy atom. The molecule has 5 aromatic rings. The van der Waals surface area contributed by atoms with Crippen LogP contribution in [0, 0.1) is 0 Å². The first kappa shape index (κ1) is 20.7. The number of carbonyl (C=O) groups is 1. The molecule has 3 aromatic carbocycles. The van der Waals surface area contributed by atoms with Crippen LogP contribution in [0.2, 0.25) is 0 Å². The number of H-pyrrole nitrogens is 1. The van der Waals surface area contributed by atoms with E-state index in [-0.39, 0.29) is 6.61 Å². The largest absolute Gasteiger partial charge is 0.457 e. The van der Waals surface area contributed by atoms with Crippen LogP contribution in [0.25, 0.3) is 22.2 Å². The summed E-state index contributed by atoms with van der Waals surface area (Å²) in [5.41, 5.74) is 3.67. The number of allylic oxidation sites excluding steroid dienone is 1. The van der Waals surface area contributed by atoms with E-state index in [9.17, 15) is 4.79 Å². The summed E-state index contributed by atoms with van der Waals surface area (Å²) in [4.78, 5) is 13.5. The summed E-state index contributed by atoms with van der Waals surface area (Å²) in [6.07, 6.45) is 0. The van der Waals surface area contributed by atoms with E-state index in [1.807, 2.05) is 73.7 Å². The maximum absolute atomic E-state index is 13.5. The average molecular weight is 465 g/mol. The van der Waals surface area contributed by atoms with Gasteiger partial charge in [0.15, 0.2) is 5.82 Å². The van der Waals surface area contributed by atoms with Crippen LogP contribution in [0.1, 0.15) is 24.1 Å². The fraction of sp³-hybridized carbons (Fsp3) is 0.125. The van der Waals surface area contributed by atoms with Crippen LogP contribution in [-0.4, -0.2) is 46.8 Å². The van der Waals surface area contributed by atoms with Gasteiger partial charge in [-0.3, -0.25) is 0 Å². The molecule has 0 bridgehead atoms. The predicted molar refractivity (Wildman–Crippen MR) is 126 cm³/mol. The van der Waals surface area contributed by atoms with Gasteiger partial charge in [0, 0.05) is 11.3 Å². The Morgan fingerprint density at radius 2 is 1.83 bits per heavy atom. The van der Waals surface area contributed by atoms with Gasteiger partial charge in [-0.25, -0.2) is 9.89 Å². The minimum absolute atomic E-state index is 0.106. The third-order valence-electron chi connectivity index (χ3n) is 5.99. The molecule has 3 heterocycles. The number of benzene rings is 3. The zero-order valence-electron chi connectivity index (χ0n) is 18.6. The fourth-order valence-electron chi connectivity index (χ4n) is 4.32. The first-order chi connectivity index (χ1) is 17.2.